The van der Waals surface area contributed by atoms with Crippen LogP contribution in [0.15, 0.2) is 12.2 Å². The first-order valence-electron chi connectivity index (χ1n) is 5.51. The molecule has 0 saturated heterocycles. The number of Topliss-reactive ketones (excluding diaryl/α,β-unsaturated/α-hetero) is 1. The fourth-order valence-electron chi connectivity index (χ4n) is 2.74. The molecule has 0 radical (unpaired) electrons. The molecule has 0 aromatic carbocycles. The molecule has 2 saturated carbocycles. The number of fused-ring (bicyclic) bond motifs is 2. The molecule has 2 rings (SSSR count). The normalized spacial score (nSPS) is 34.3. The summed E-state index contributed by atoms with van der Waals surface area (Å²) in [5.41, 5.74) is 0.180. The first kappa shape index (κ1) is 10.4. The van der Waals surface area contributed by atoms with Crippen LogP contribution >= 0.6 is 0 Å². The predicted molar refractivity (Wildman–Crippen MR) is 55.2 cm³/mol. The van der Waals surface area contributed by atoms with E-state index in [0.717, 1.165) is 18.4 Å². The maximum Gasteiger partial charge on any atom is 0.319 e. The van der Waals surface area contributed by atoms with Crippen LogP contribution in [0.5, 0.6) is 0 Å². The molecule has 0 N–H and O–H groups in total. The number of hydrogen-bond donors (Lipinski definition) is 0. The summed E-state index contributed by atoms with van der Waals surface area (Å²) < 4.78 is 5.02. The van der Waals surface area contributed by atoms with Crippen molar-refractivity contribution in [3.8, 4) is 0 Å². The highest BCUT2D eigenvalue weighted by molar-refractivity contribution is 6.08. The topological polar surface area (TPSA) is 43.4 Å². The average Bonchev–Trinajstić information content (AvgIpc) is 2.42. The number of ether oxygens (including phenoxy) is 1. The Kier molecular flexibility index (Phi) is 2.41. The SMILES string of the molecule is C=C1CC[C@]2(C(=O)OCC)CC[C@H]1C2=O. The van der Waals surface area contributed by atoms with E-state index in [1.165, 1.54) is 0 Å². The van der Waals surface area contributed by atoms with Crippen molar-refractivity contribution < 1.29 is 14.3 Å². The van der Waals surface area contributed by atoms with Crippen LogP contribution in [0.1, 0.15) is 32.6 Å². The van der Waals surface area contributed by atoms with Gasteiger partial charge in [0.05, 0.1) is 6.61 Å². The fraction of sp³-hybridized carbons (Fsp3) is 0.667. The van der Waals surface area contributed by atoms with E-state index in [-0.39, 0.29) is 17.7 Å². The molecule has 0 aromatic rings. The van der Waals surface area contributed by atoms with E-state index in [9.17, 15) is 9.59 Å². The van der Waals surface area contributed by atoms with Crippen LogP contribution in [0.25, 0.3) is 0 Å². The van der Waals surface area contributed by atoms with Crippen LogP contribution in [0.3, 0.4) is 0 Å². The molecule has 0 amide bonds. The summed E-state index contributed by atoms with van der Waals surface area (Å²) in [5, 5.41) is 0. The van der Waals surface area contributed by atoms with Crippen molar-refractivity contribution >= 4 is 11.8 Å². The summed E-state index contributed by atoms with van der Waals surface area (Å²) in [4.78, 5) is 23.9. The van der Waals surface area contributed by atoms with Gasteiger partial charge in [-0.15, -0.1) is 0 Å². The van der Waals surface area contributed by atoms with E-state index in [2.05, 4.69) is 6.58 Å². The molecule has 0 unspecified atom stereocenters. The van der Waals surface area contributed by atoms with Gasteiger partial charge in [0.15, 0.2) is 5.78 Å². The van der Waals surface area contributed by atoms with Gasteiger partial charge in [0.25, 0.3) is 0 Å². The molecule has 0 aliphatic heterocycles. The van der Waals surface area contributed by atoms with Gasteiger partial charge in [-0.3, -0.25) is 9.59 Å². The van der Waals surface area contributed by atoms with Crippen LogP contribution in [0.2, 0.25) is 0 Å². The Balaban J connectivity index is 2.26. The van der Waals surface area contributed by atoms with Crippen LogP contribution in [-0.2, 0) is 14.3 Å². The molecule has 0 heterocycles. The van der Waals surface area contributed by atoms with E-state index in [4.69, 9.17) is 4.74 Å². The minimum atomic E-state index is -0.818. The van der Waals surface area contributed by atoms with Crippen molar-refractivity contribution in [1.82, 2.24) is 0 Å². The Morgan fingerprint density at radius 2 is 2.33 bits per heavy atom. The van der Waals surface area contributed by atoms with Gasteiger partial charge in [0.1, 0.15) is 5.41 Å². The zero-order chi connectivity index (χ0) is 11.1. The van der Waals surface area contributed by atoms with Crippen molar-refractivity contribution in [3.63, 3.8) is 0 Å². The number of carbonyl (C=O) groups excluding carboxylic acids is 2. The van der Waals surface area contributed by atoms with E-state index >= 15 is 0 Å². The third-order valence-electron chi connectivity index (χ3n) is 3.68. The molecular formula is C12H16O3. The van der Waals surface area contributed by atoms with Gasteiger partial charge in [-0.2, -0.15) is 0 Å². The molecule has 3 nitrogen and oxygen atoms in total. The van der Waals surface area contributed by atoms with E-state index in [1.54, 1.807) is 6.92 Å². The maximum absolute atomic E-state index is 12.1. The van der Waals surface area contributed by atoms with Crippen molar-refractivity contribution in [1.29, 1.82) is 0 Å². The van der Waals surface area contributed by atoms with Crippen LogP contribution < -0.4 is 0 Å². The fourth-order valence-corrected chi connectivity index (χ4v) is 2.74. The van der Waals surface area contributed by atoms with Gasteiger partial charge < -0.3 is 4.74 Å². The van der Waals surface area contributed by atoms with Crippen molar-refractivity contribution in [2.24, 2.45) is 11.3 Å². The van der Waals surface area contributed by atoms with Crippen LogP contribution in [0.4, 0.5) is 0 Å². The summed E-state index contributed by atoms with van der Waals surface area (Å²) >= 11 is 0. The summed E-state index contributed by atoms with van der Waals surface area (Å²) in [6.45, 7) is 6.02. The van der Waals surface area contributed by atoms with Gasteiger partial charge in [-0.25, -0.2) is 0 Å². The highest BCUT2D eigenvalue weighted by Crippen LogP contribution is 2.50. The quantitative estimate of drug-likeness (QED) is 0.395. The second-order valence-electron chi connectivity index (χ2n) is 4.42. The summed E-state index contributed by atoms with van der Waals surface area (Å²) in [6.07, 6.45) is 2.81. The lowest BCUT2D eigenvalue weighted by atomic mass is 9.73. The molecular weight excluding hydrogens is 192 g/mol. The molecule has 2 atom stereocenters. The van der Waals surface area contributed by atoms with E-state index in [0.29, 0.717) is 19.4 Å². The lowest BCUT2D eigenvalue weighted by molar-refractivity contribution is -0.160. The largest absolute Gasteiger partial charge is 0.465 e. The molecule has 0 spiro atoms. The van der Waals surface area contributed by atoms with Crippen molar-refractivity contribution in [3.05, 3.63) is 12.2 Å². The molecule has 2 bridgehead atoms. The van der Waals surface area contributed by atoms with Crippen LogP contribution in [0, 0.1) is 11.3 Å². The average molecular weight is 208 g/mol. The Morgan fingerprint density at radius 1 is 1.60 bits per heavy atom. The third-order valence-corrected chi connectivity index (χ3v) is 3.68. The zero-order valence-electron chi connectivity index (χ0n) is 9.04. The van der Waals surface area contributed by atoms with Gasteiger partial charge in [-0.1, -0.05) is 12.2 Å². The Labute approximate surface area is 89.5 Å². The molecule has 15 heavy (non-hydrogen) atoms. The number of ketones is 1. The predicted octanol–water partition coefficient (Wildman–Crippen LogP) is 1.86. The van der Waals surface area contributed by atoms with Crippen molar-refractivity contribution in [2.75, 3.05) is 6.61 Å². The second-order valence-corrected chi connectivity index (χ2v) is 4.42. The summed E-state index contributed by atoms with van der Waals surface area (Å²) in [6, 6.07) is 0. The summed E-state index contributed by atoms with van der Waals surface area (Å²) in [5.74, 6) is -0.342. The number of carbonyl (C=O) groups is 2. The monoisotopic (exact) mass is 208 g/mol. The lowest BCUT2D eigenvalue weighted by Gasteiger charge is -2.30. The Morgan fingerprint density at radius 3 is 3.00 bits per heavy atom. The Bertz CT molecular complexity index is 332. The highest BCUT2D eigenvalue weighted by Gasteiger charge is 2.56. The third kappa shape index (κ3) is 1.33. The van der Waals surface area contributed by atoms with Crippen molar-refractivity contribution in [2.45, 2.75) is 32.6 Å². The first-order chi connectivity index (χ1) is 7.12. The molecule has 2 aliphatic carbocycles. The number of esters is 1. The lowest BCUT2D eigenvalue weighted by Crippen LogP contribution is -2.41. The minimum Gasteiger partial charge on any atom is -0.465 e. The smallest absolute Gasteiger partial charge is 0.319 e. The number of hydrogen-bond acceptors (Lipinski definition) is 3. The van der Waals surface area contributed by atoms with E-state index < -0.39 is 5.41 Å². The molecule has 3 heteroatoms. The van der Waals surface area contributed by atoms with Gasteiger partial charge in [0.2, 0.25) is 0 Å². The number of allylic oxidation sites excluding steroid dienone is 1. The van der Waals surface area contributed by atoms with E-state index in [1.807, 2.05) is 0 Å². The Hall–Kier alpha value is -1.12. The first-order valence-corrected chi connectivity index (χ1v) is 5.51. The second kappa shape index (κ2) is 3.47. The molecule has 2 aliphatic rings. The highest BCUT2D eigenvalue weighted by atomic mass is 16.5. The van der Waals surface area contributed by atoms with Gasteiger partial charge in [0, 0.05) is 5.92 Å². The minimum absolute atomic E-state index is 0.0530. The zero-order valence-corrected chi connectivity index (χ0v) is 9.04. The molecule has 82 valence electrons. The molecule has 0 aromatic heterocycles. The van der Waals surface area contributed by atoms with Gasteiger partial charge in [-0.05, 0) is 32.6 Å². The molecule has 2 fully saturated rings. The summed E-state index contributed by atoms with van der Waals surface area (Å²) in [7, 11) is 0. The standard InChI is InChI=1S/C12H16O3/c1-3-15-11(14)12-6-4-8(2)9(5-7-12)10(12)13/h9H,2-7H2,1H3/t9-,12+/m1/s1. The van der Waals surface area contributed by atoms with Gasteiger partial charge >= 0.3 is 5.97 Å². The van der Waals surface area contributed by atoms with Crippen LogP contribution in [-0.4, -0.2) is 18.4 Å². The maximum atomic E-state index is 12.1. The number of rotatable bonds is 2.